The summed E-state index contributed by atoms with van der Waals surface area (Å²) in [5.41, 5.74) is -3.70. The van der Waals surface area contributed by atoms with Gasteiger partial charge in [-0.3, -0.25) is 18.9 Å². The molecule has 14 nitrogen and oxygen atoms in total. The molecule has 15 heteroatoms. The smallest absolute Gasteiger partial charge is 0.394 e. The number of aromatic nitrogens is 2. The Labute approximate surface area is 168 Å². The molecule has 0 aliphatic carbocycles. The second-order valence-electron chi connectivity index (χ2n) is 7.22. The van der Waals surface area contributed by atoms with Gasteiger partial charge in [-0.1, -0.05) is 0 Å². The minimum absolute atomic E-state index is 0.0595. The van der Waals surface area contributed by atoms with Crippen LogP contribution in [0.4, 0.5) is 0 Å². The van der Waals surface area contributed by atoms with Crippen LogP contribution in [0.15, 0.2) is 15.8 Å². The highest BCUT2D eigenvalue weighted by Gasteiger charge is 2.61. The first-order valence-corrected chi connectivity index (χ1v) is 10.4. The van der Waals surface area contributed by atoms with Crippen molar-refractivity contribution in [2.75, 3.05) is 13.2 Å². The molecule has 0 saturated carbocycles. The van der Waals surface area contributed by atoms with Crippen molar-refractivity contribution in [2.24, 2.45) is 0 Å². The lowest BCUT2D eigenvalue weighted by atomic mass is 9.94. The van der Waals surface area contributed by atoms with Crippen molar-refractivity contribution in [3.8, 4) is 0 Å². The van der Waals surface area contributed by atoms with Gasteiger partial charge in [0.1, 0.15) is 36.6 Å². The van der Waals surface area contributed by atoms with Crippen molar-refractivity contribution >= 4 is 7.82 Å². The molecule has 0 spiro atoms. The molecular formula is C15H23N2O12P. The molecule has 3 heterocycles. The number of nitrogens with zero attached hydrogens (tertiary/aromatic N) is 1. The van der Waals surface area contributed by atoms with Gasteiger partial charge in [0.05, 0.1) is 13.2 Å². The number of aliphatic hydroxyl groups is 4. The number of aromatic amines is 1. The quantitative estimate of drug-likeness (QED) is 0.206. The summed E-state index contributed by atoms with van der Waals surface area (Å²) in [4.78, 5) is 44.8. The van der Waals surface area contributed by atoms with Crippen LogP contribution in [-0.2, 0) is 24.3 Å². The molecule has 2 aliphatic heterocycles. The molecule has 0 bridgehead atoms. The van der Waals surface area contributed by atoms with Gasteiger partial charge in [0, 0.05) is 18.2 Å². The summed E-state index contributed by atoms with van der Waals surface area (Å²) in [6, 6.07) is 0. The molecule has 7 atom stereocenters. The van der Waals surface area contributed by atoms with E-state index in [1.165, 1.54) is 6.92 Å². The van der Waals surface area contributed by atoms with E-state index in [1.54, 1.807) is 0 Å². The van der Waals surface area contributed by atoms with Gasteiger partial charge in [0.2, 0.25) is 0 Å². The molecule has 2 fully saturated rings. The predicted molar refractivity (Wildman–Crippen MR) is 95.3 cm³/mol. The maximum atomic E-state index is 12.6. The van der Waals surface area contributed by atoms with E-state index < -0.39 is 81.1 Å². The average molecular weight is 454 g/mol. The van der Waals surface area contributed by atoms with Gasteiger partial charge >= 0.3 is 13.5 Å². The third-order valence-electron chi connectivity index (χ3n) is 5.23. The topological polar surface area (TPSA) is 221 Å². The SMILES string of the molecule is Cc1cn([C@@]2(C3O[C@H](CO)[C@@H](O)[C@H]3O)C[C@H](OP(=O)(O)O)[C@@H](CO)O2)c(=O)[nH]c1=O. The summed E-state index contributed by atoms with van der Waals surface area (Å²) < 4.78 is 28.2. The lowest BCUT2D eigenvalue weighted by Crippen LogP contribution is -2.56. The number of aliphatic hydroxyl groups excluding tert-OH is 4. The molecule has 0 aromatic carbocycles. The van der Waals surface area contributed by atoms with Crippen LogP contribution in [0.2, 0.25) is 0 Å². The van der Waals surface area contributed by atoms with Crippen LogP contribution >= 0.6 is 7.82 Å². The lowest BCUT2D eigenvalue weighted by Gasteiger charge is -2.37. The van der Waals surface area contributed by atoms with Crippen molar-refractivity contribution in [1.82, 2.24) is 9.55 Å². The Balaban J connectivity index is 2.16. The van der Waals surface area contributed by atoms with Crippen LogP contribution in [0, 0.1) is 6.92 Å². The van der Waals surface area contributed by atoms with E-state index in [-0.39, 0.29) is 5.56 Å². The Morgan fingerprint density at radius 1 is 1.23 bits per heavy atom. The number of nitrogens with one attached hydrogen (secondary N) is 1. The number of hydrogen-bond donors (Lipinski definition) is 7. The van der Waals surface area contributed by atoms with Crippen molar-refractivity contribution in [2.45, 2.75) is 55.7 Å². The number of aryl methyl sites for hydroxylation is 1. The van der Waals surface area contributed by atoms with Gasteiger partial charge in [-0.05, 0) is 6.92 Å². The third kappa shape index (κ3) is 4.03. The van der Waals surface area contributed by atoms with E-state index in [2.05, 4.69) is 0 Å². The van der Waals surface area contributed by atoms with Crippen molar-refractivity contribution < 1.29 is 48.8 Å². The summed E-state index contributed by atoms with van der Waals surface area (Å²) in [5.74, 6) is 0. The van der Waals surface area contributed by atoms with Crippen LogP contribution in [0.25, 0.3) is 0 Å². The predicted octanol–water partition coefficient (Wildman–Crippen LogP) is -3.76. The van der Waals surface area contributed by atoms with E-state index >= 15 is 0 Å². The first-order chi connectivity index (χ1) is 13.9. The van der Waals surface area contributed by atoms with Gasteiger partial charge in [-0.2, -0.15) is 0 Å². The van der Waals surface area contributed by atoms with Gasteiger partial charge in [-0.25, -0.2) is 9.36 Å². The second-order valence-corrected chi connectivity index (χ2v) is 8.41. The second kappa shape index (κ2) is 8.24. The normalized spacial score (nSPS) is 37.0. The molecule has 30 heavy (non-hydrogen) atoms. The fourth-order valence-corrected chi connectivity index (χ4v) is 4.40. The van der Waals surface area contributed by atoms with E-state index in [1.807, 2.05) is 4.98 Å². The zero-order chi connectivity index (χ0) is 22.4. The summed E-state index contributed by atoms with van der Waals surface area (Å²) in [7, 11) is -5.05. The molecule has 3 rings (SSSR count). The molecule has 1 aromatic rings. The number of ether oxygens (including phenoxy) is 2. The minimum Gasteiger partial charge on any atom is -0.394 e. The summed E-state index contributed by atoms with van der Waals surface area (Å²) in [5, 5.41) is 39.7. The third-order valence-corrected chi connectivity index (χ3v) is 5.78. The Bertz CT molecular complexity index is 942. The Morgan fingerprint density at radius 3 is 2.40 bits per heavy atom. The Morgan fingerprint density at radius 2 is 1.87 bits per heavy atom. The molecule has 2 aliphatic rings. The van der Waals surface area contributed by atoms with E-state index in [0.717, 1.165) is 10.8 Å². The molecular weight excluding hydrogens is 431 g/mol. The Hall–Kier alpha value is -1.45. The number of hydrogen-bond acceptors (Lipinski definition) is 10. The summed E-state index contributed by atoms with van der Waals surface area (Å²) in [6.07, 6.45) is -8.30. The fraction of sp³-hybridized carbons (Fsp3) is 0.733. The maximum absolute atomic E-state index is 12.6. The standard InChI is InChI=1S/C15H23N2O12P/c1-6-3-17(14(23)16-13(6)22)15(12-11(21)10(20)9(5-19)27-12)2-7(8(4-18)28-15)29-30(24,25)26/h3,7-12,18-21H,2,4-5H2,1H3,(H,16,22,23)(H2,24,25,26)/t7-,8+,9+,10+,11+,12?,15-/m0/s1. The summed E-state index contributed by atoms with van der Waals surface area (Å²) >= 11 is 0. The van der Waals surface area contributed by atoms with Gasteiger partial charge in [0.25, 0.3) is 5.56 Å². The molecule has 1 aromatic heterocycles. The van der Waals surface area contributed by atoms with Gasteiger partial charge in [0.15, 0.2) is 5.72 Å². The van der Waals surface area contributed by atoms with Crippen LogP contribution in [0.3, 0.4) is 0 Å². The van der Waals surface area contributed by atoms with Crippen molar-refractivity contribution in [3.63, 3.8) is 0 Å². The lowest BCUT2D eigenvalue weighted by molar-refractivity contribution is -0.208. The van der Waals surface area contributed by atoms with Crippen LogP contribution in [-0.4, -0.2) is 89.6 Å². The molecule has 7 N–H and O–H groups in total. The monoisotopic (exact) mass is 454 g/mol. The number of phosphoric acid groups is 1. The zero-order valence-corrected chi connectivity index (χ0v) is 16.6. The highest BCUT2D eigenvalue weighted by Crippen LogP contribution is 2.49. The molecule has 2 saturated heterocycles. The Kier molecular flexibility index (Phi) is 6.38. The fourth-order valence-electron chi connectivity index (χ4n) is 3.84. The first-order valence-electron chi connectivity index (χ1n) is 8.91. The van der Waals surface area contributed by atoms with E-state index in [0.29, 0.717) is 0 Å². The molecule has 1 unspecified atom stereocenters. The number of phosphoric ester groups is 1. The number of H-pyrrole nitrogens is 1. The van der Waals surface area contributed by atoms with Crippen LogP contribution in [0.5, 0.6) is 0 Å². The first kappa shape index (κ1) is 23.2. The highest BCUT2D eigenvalue weighted by molar-refractivity contribution is 7.46. The van der Waals surface area contributed by atoms with Crippen molar-refractivity contribution in [3.05, 3.63) is 32.6 Å². The van der Waals surface area contributed by atoms with E-state index in [9.17, 15) is 44.4 Å². The summed E-state index contributed by atoms with van der Waals surface area (Å²) in [6.45, 7) is -0.0869. The number of rotatable bonds is 6. The molecule has 0 amide bonds. The maximum Gasteiger partial charge on any atom is 0.469 e. The zero-order valence-electron chi connectivity index (χ0n) is 15.7. The van der Waals surface area contributed by atoms with Gasteiger partial charge in [-0.15, -0.1) is 0 Å². The minimum atomic E-state index is -5.05. The average Bonchev–Trinajstić information content (AvgIpc) is 3.15. The van der Waals surface area contributed by atoms with Crippen molar-refractivity contribution in [1.29, 1.82) is 0 Å². The van der Waals surface area contributed by atoms with Gasteiger partial charge < -0.3 is 39.7 Å². The molecule has 0 radical (unpaired) electrons. The highest BCUT2D eigenvalue weighted by atomic mass is 31.2. The molecule has 170 valence electrons. The van der Waals surface area contributed by atoms with E-state index in [4.69, 9.17) is 14.0 Å². The largest absolute Gasteiger partial charge is 0.469 e. The van der Waals surface area contributed by atoms with Crippen LogP contribution < -0.4 is 11.2 Å². The van der Waals surface area contributed by atoms with Crippen LogP contribution in [0.1, 0.15) is 12.0 Å².